The number of carbonyl (C=O) groups excluding carboxylic acids is 2. The fraction of sp³-hybridized carbons (Fsp3) is 0.545. The maximum Gasteiger partial charge on any atom is 0.242 e. The first kappa shape index (κ1) is 32.1. The number of hydrogen-bond donors (Lipinski definition) is 3. The Balaban J connectivity index is 1.77. The highest BCUT2D eigenvalue weighted by Crippen LogP contribution is 2.50. The zero-order valence-corrected chi connectivity index (χ0v) is 26.5. The van der Waals surface area contributed by atoms with Crippen molar-refractivity contribution in [1.82, 2.24) is 15.5 Å². The number of rotatable bonds is 11. The molecule has 0 spiro atoms. The van der Waals surface area contributed by atoms with Crippen LogP contribution in [0, 0.1) is 5.92 Å². The monoisotopic (exact) mass is 594 g/mol. The minimum absolute atomic E-state index is 0.0710. The summed E-state index contributed by atoms with van der Waals surface area (Å²) in [5.41, 5.74) is 3.17. The number of hydrogen-bond acceptors (Lipinski definition) is 8. The number of amides is 2. The average Bonchev–Trinajstić information content (AvgIpc) is 3.32. The van der Waals surface area contributed by atoms with Gasteiger partial charge in [-0.3, -0.25) is 19.3 Å². The second-order valence-corrected chi connectivity index (χ2v) is 11.6. The Hall–Kier alpha value is -3.79. The molecule has 2 aromatic rings. The van der Waals surface area contributed by atoms with Crippen LogP contribution in [0.5, 0.6) is 17.2 Å². The smallest absolute Gasteiger partial charge is 0.242 e. The molecule has 0 saturated carbocycles. The Morgan fingerprint density at radius 2 is 1.79 bits per heavy atom. The van der Waals surface area contributed by atoms with Crippen molar-refractivity contribution >= 4 is 17.5 Å². The lowest BCUT2D eigenvalue weighted by Crippen LogP contribution is -2.47. The molecule has 0 radical (unpaired) electrons. The standard InChI is InChI=1S/C33H46N4O6/c1-8-37-15-9-10-22(37)18-34-33(40)30(19(2)3)36-26-14-12-23-24(17-27(26)39)25(35-20(4)38)13-11-21-16-28(41-5)31(42-6)32(43-7)29(21)23/h12,14,16-17,19,22,25,30H,8-11,13,15,18H2,1-7H3,(H,34,40)(H,35,38)(H,36,39)/t22?,25-,30-/m0/s1. The summed E-state index contributed by atoms with van der Waals surface area (Å²) in [6.07, 6.45) is 3.38. The lowest BCUT2D eigenvalue weighted by molar-refractivity contribution is -0.123. The van der Waals surface area contributed by atoms with Crippen molar-refractivity contribution in [3.63, 3.8) is 0 Å². The molecule has 43 heavy (non-hydrogen) atoms. The number of aryl methyl sites for hydroxylation is 1. The van der Waals surface area contributed by atoms with Crippen LogP contribution in [0.2, 0.25) is 0 Å². The molecular weight excluding hydrogens is 548 g/mol. The van der Waals surface area contributed by atoms with E-state index >= 15 is 0 Å². The van der Waals surface area contributed by atoms with Crippen LogP contribution in [-0.2, 0) is 16.0 Å². The molecule has 1 aliphatic carbocycles. The van der Waals surface area contributed by atoms with Crippen molar-refractivity contribution in [3.8, 4) is 28.4 Å². The quantitative estimate of drug-likeness (QED) is 0.359. The summed E-state index contributed by atoms with van der Waals surface area (Å²) < 4.78 is 17.1. The first-order valence-electron chi connectivity index (χ1n) is 15.2. The molecule has 2 amide bonds. The number of ether oxygens (including phenoxy) is 3. The summed E-state index contributed by atoms with van der Waals surface area (Å²) in [4.78, 5) is 41.8. The van der Waals surface area contributed by atoms with Crippen molar-refractivity contribution in [2.45, 2.75) is 71.5 Å². The van der Waals surface area contributed by atoms with Crippen molar-refractivity contribution in [2.75, 3.05) is 46.3 Å². The van der Waals surface area contributed by atoms with Gasteiger partial charge in [-0.05, 0) is 79.6 Å². The number of nitrogens with one attached hydrogen (secondary N) is 3. The van der Waals surface area contributed by atoms with Crippen LogP contribution in [-0.4, -0.2) is 69.8 Å². The third-order valence-corrected chi connectivity index (χ3v) is 8.59. The van der Waals surface area contributed by atoms with E-state index in [0.717, 1.165) is 42.6 Å². The van der Waals surface area contributed by atoms with Crippen LogP contribution in [0.15, 0.2) is 29.1 Å². The summed E-state index contributed by atoms with van der Waals surface area (Å²) in [5.74, 6) is 1.07. The van der Waals surface area contributed by atoms with Gasteiger partial charge in [0.1, 0.15) is 6.04 Å². The molecule has 0 aromatic heterocycles. The van der Waals surface area contributed by atoms with Gasteiger partial charge < -0.3 is 30.2 Å². The van der Waals surface area contributed by atoms with Crippen molar-refractivity contribution in [3.05, 3.63) is 45.6 Å². The van der Waals surface area contributed by atoms with E-state index in [1.54, 1.807) is 33.5 Å². The Labute approximate surface area is 254 Å². The second-order valence-electron chi connectivity index (χ2n) is 11.6. The van der Waals surface area contributed by atoms with Crippen LogP contribution in [0.4, 0.5) is 5.69 Å². The number of benzene rings is 1. The third kappa shape index (κ3) is 6.90. The molecule has 1 unspecified atom stereocenters. The van der Waals surface area contributed by atoms with Gasteiger partial charge in [-0.1, -0.05) is 26.8 Å². The van der Waals surface area contributed by atoms with Crippen LogP contribution < -0.4 is 35.6 Å². The van der Waals surface area contributed by atoms with Gasteiger partial charge in [-0.25, -0.2) is 0 Å². The maximum absolute atomic E-state index is 13.8. The van der Waals surface area contributed by atoms with E-state index in [4.69, 9.17) is 14.2 Å². The number of nitrogens with zero attached hydrogens (tertiary/aromatic N) is 1. The second kappa shape index (κ2) is 14.1. The lowest BCUT2D eigenvalue weighted by atomic mass is 9.95. The first-order chi connectivity index (χ1) is 20.6. The fourth-order valence-corrected chi connectivity index (χ4v) is 6.40. The Morgan fingerprint density at radius 1 is 1.05 bits per heavy atom. The van der Waals surface area contributed by atoms with E-state index in [0.29, 0.717) is 53.9 Å². The topological polar surface area (TPSA) is 118 Å². The first-order valence-corrected chi connectivity index (χ1v) is 15.2. The van der Waals surface area contributed by atoms with Gasteiger partial charge in [0.15, 0.2) is 11.5 Å². The molecule has 4 rings (SSSR count). The lowest BCUT2D eigenvalue weighted by Gasteiger charge is -2.26. The van der Waals surface area contributed by atoms with E-state index in [2.05, 4.69) is 27.8 Å². The number of anilines is 1. The normalized spacial score (nSPS) is 18.6. The maximum atomic E-state index is 13.8. The molecule has 1 saturated heterocycles. The molecule has 0 bridgehead atoms. The number of likely N-dealkylation sites (N-methyl/N-ethyl adjacent to an activating group) is 1. The van der Waals surface area contributed by atoms with Gasteiger partial charge in [0.05, 0.1) is 33.1 Å². The Bertz CT molecular complexity index is 1390. The molecule has 2 aromatic carbocycles. The van der Waals surface area contributed by atoms with Gasteiger partial charge in [0, 0.05) is 25.1 Å². The summed E-state index contributed by atoms with van der Waals surface area (Å²) >= 11 is 0. The molecular formula is C33H46N4O6. The van der Waals surface area contributed by atoms with Crippen molar-refractivity contribution in [1.29, 1.82) is 0 Å². The SMILES string of the molecule is CCN1CCCC1CNC(=O)[C@@H](Nc1ccc2c(cc1=O)[C@@H](NC(C)=O)CCc1cc(OC)c(OC)c(OC)c1-2)C(C)C. The molecule has 10 nitrogen and oxygen atoms in total. The third-order valence-electron chi connectivity index (χ3n) is 8.59. The minimum atomic E-state index is -0.608. The summed E-state index contributed by atoms with van der Waals surface area (Å²) in [6, 6.07) is 6.38. The van der Waals surface area contributed by atoms with Gasteiger partial charge >= 0.3 is 0 Å². The van der Waals surface area contributed by atoms with E-state index < -0.39 is 12.1 Å². The highest BCUT2D eigenvalue weighted by molar-refractivity contribution is 5.86. The molecule has 3 N–H and O–H groups in total. The predicted octanol–water partition coefficient (Wildman–Crippen LogP) is 3.90. The average molecular weight is 595 g/mol. The summed E-state index contributed by atoms with van der Waals surface area (Å²) in [7, 11) is 4.70. The molecule has 1 heterocycles. The summed E-state index contributed by atoms with van der Waals surface area (Å²) in [6.45, 7) is 10.1. The fourth-order valence-electron chi connectivity index (χ4n) is 6.40. The van der Waals surface area contributed by atoms with Crippen molar-refractivity contribution in [2.24, 2.45) is 5.92 Å². The van der Waals surface area contributed by atoms with E-state index in [9.17, 15) is 14.4 Å². The van der Waals surface area contributed by atoms with Gasteiger partial charge in [0.2, 0.25) is 23.0 Å². The molecule has 1 fully saturated rings. The molecule has 10 heteroatoms. The highest BCUT2D eigenvalue weighted by Gasteiger charge is 2.31. The zero-order valence-electron chi connectivity index (χ0n) is 26.5. The van der Waals surface area contributed by atoms with Crippen LogP contribution in [0.25, 0.3) is 11.1 Å². The minimum Gasteiger partial charge on any atom is -0.493 e. The Morgan fingerprint density at radius 3 is 2.42 bits per heavy atom. The molecule has 1 aliphatic heterocycles. The van der Waals surface area contributed by atoms with Crippen LogP contribution in [0.1, 0.15) is 64.1 Å². The van der Waals surface area contributed by atoms with Crippen LogP contribution in [0.3, 0.4) is 0 Å². The zero-order chi connectivity index (χ0) is 31.3. The van der Waals surface area contributed by atoms with Crippen molar-refractivity contribution < 1.29 is 23.8 Å². The number of likely N-dealkylation sites (tertiary alicyclic amines) is 1. The van der Waals surface area contributed by atoms with E-state index in [-0.39, 0.29) is 23.2 Å². The predicted molar refractivity (Wildman–Crippen MR) is 168 cm³/mol. The Kier molecular flexibility index (Phi) is 10.6. The number of fused-ring (bicyclic) bond motifs is 3. The van der Waals surface area contributed by atoms with Gasteiger partial charge in [-0.2, -0.15) is 0 Å². The van der Waals surface area contributed by atoms with Crippen LogP contribution >= 0.6 is 0 Å². The van der Waals surface area contributed by atoms with E-state index in [1.807, 2.05) is 26.0 Å². The number of methoxy groups -OCH3 is 3. The molecule has 234 valence electrons. The molecule has 3 atom stereocenters. The largest absolute Gasteiger partial charge is 0.493 e. The van der Waals surface area contributed by atoms with Gasteiger partial charge in [-0.15, -0.1) is 0 Å². The highest BCUT2D eigenvalue weighted by atomic mass is 16.5. The summed E-state index contributed by atoms with van der Waals surface area (Å²) in [5, 5.41) is 9.41. The molecule has 2 aliphatic rings. The number of carbonyl (C=O) groups is 2. The van der Waals surface area contributed by atoms with E-state index in [1.165, 1.54) is 6.92 Å². The van der Waals surface area contributed by atoms with Gasteiger partial charge in [0.25, 0.3) is 0 Å².